The number of hydrogen-bond donors (Lipinski definition) is 2. The van der Waals surface area contributed by atoms with Gasteiger partial charge < -0.3 is 10.6 Å². The maximum absolute atomic E-state index is 12.6. The Morgan fingerprint density at radius 2 is 1.57 bits per heavy atom. The highest BCUT2D eigenvalue weighted by atomic mass is 32.2. The Bertz CT molecular complexity index is 808. The molecule has 1 aromatic carbocycles. The van der Waals surface area contributed by atoms with Gasteiger partial charge in [-0.15, -0.1) is 0 Å². The number of aliphatic imine (C=N–C) groups is 1. The van der Waals surface area contributed by atoms with E-state index in [1.807, 2.05) is 12.1 Å². The Labute approximate surface area is 182 Å². The van der Waals surface area contributed by atoms with Crippen LogP contribution in [0.1, 0.15) is 51.5 Å². The summed E-state index contributed by atoms with van der Waals surface area (Å²) < 4.78 is 26.9. The average molecular weight is 436 g/mol. The lowest BCUT2D eigenvalue weighted by molar-refractivity contribution is 0.0982. The van der Waals surface area contributed by atoms with Crippen LogP contribution < -0.4 is 10.6 Å². The van der Waals surface area contributed by atoms with E-state index in [2.05, 4.69) is 34.4 Å². The number of sulfonamides is 1. The number of hydrogen-bond acceptors (Lipinski definition) is 4. The van der Waals surface area contributed by atoms with Gasteiger partial charge >= 0.3 is 0 Å². The quantitative estimate of drug-likeness (QED) is 0.508. The van der Waals surface area contributed by atoms with Crippen molar-refractivity contribution in [1.82, 2.24) is 19.8 Å². The molecule has 0 aliphatic carbocycles. The highest BCUT2D eigenvalue weighted by Crippen LogP contribution is 2.21. The van der Waals surface area contributed by atoms with Crippen LogP contribution in [0.5, 0.6) is 0 Å². The Kier molecular flexibility index (Phi) is 7.76. The van der Waals surface area contributed by atoms with Gasteiger partial charge in [-0.25, -0.2) is 8.42 Å². The van der Waals surface area contributed by atoms with Crippen molar-refractivity contribution in [3.8, 4) is 0 Å². The zero-order chi connectivity index (χ0) is 21.6. The largest absolute Gasteiger partial charge is 0.355 e. The Morgan fingerprint density at radius 3 is 2.17 bits per heavy atom. The summed E-state index contributed by atoms with van der Waals surface area (Å²) in [6, 6.07) is 7.17. The lowest BCUT2D eigenvalue weighted by Crippen LogP contribution is -2.54. The summed E-state index contributed by atoms with van der Waals surface area (Å²) >= 11 is 0. The number of nitrogens with zero attached hydrogens (tertiary/aromatic N) is 3. The summed E-state index contributed by atoms with van der Waals surface area (Å²) in [5, 5.41) is 6.78. The molecule has 2 heterocycles. The van der Waals surface area contributed by atoms with Gasteiger partial charge in [0.2, 0.25) is 10.0 Å². The van der Waals surface area contributed by atoms with Gasteiger partial charge in [-0.1, -0.05) is 18.6 Å². The zero-order valence-electron chi connectivity index (χ0n) is 18.7. The standard InChI is InChI=1S/C22H37N5O2S/c1-22(2,26-13-5-4-6-14-26)18-25-21(23-3)24-17-19-9-11-20(12-10-19)30(28,29)27-15-7-8-16-27/h9-12H,4-8,13-18H2,1-3H3,(H2,23,24,25). The summed E-state index contributed by atoms with van der Waals surface area (Å²) in [7, 11) is -1.58. The number of piperidine rings is 1. The minimum absolute atomic E-state index is 0.0730. The fraction of sp³-hybridized carbons (Fsp3) is 0.682. The third kappa shape index (κ3) is 5.74. The summed E-state index contributed by atoms with van der Waals surface area (Å²) in [6.07, 6.45) is 5.78. The molecule has 0 unspecified atom stereocenters. The minimum Gasteiger partial charge on any atom is -0.355 e. The van der Waals surface area contributed by atoms with E-state index in [4.69, 9.17) is 0 Å². The molecule has 0 bridgehead atoms. The van der Waals surface area contributed by atoms with Crippen molar-refractivity contribution in [2.75, 3.05) is 39.8 Å². The molecule has 2 fully saturated rings. The topological polar surface area (TPSA) is 77.0 Å². The summed E-state index contributed by atoms with van der Waals surface area (Å²) in [5.41, 5.74) is 1.09. The van der Waals surface area contributed by atoms with Gasteiger partial charge in [0.05, 0.1) is 4.90 Å². The van der Waals surface area contributed by atoms with Crippen LogP contribution in [0.3, 0.4) is 0 Å². The molecule has 0 aromatic heterocycles. The second-order valence-electron chi connectivity index (χ2n) is 8.89. The summed E-state index contributed by atoms with van der Waals surface area (Å²) in [5.74, 6) is 0.758. The van der Waals surface area contributed by atoms with Crippen molar-refractivity contribution in [2.45, 2.75) is 62.9 Å². The molecule has 0 saturated carbocycles. The van der Waals surface area contributed by atoms with Gasteiger partial charge in [-0.3, -0.25) is 9.89 Å². The number of rotatable bonds is 7. The van der Waals surface area contributed by atoms with Crippen LogP contribution in [0.25, 0.3) is 0 Å². The summed E-state index contributed by atoms with van der Waals surface area (Å²) in [6.45, 7) is 9.54. The zero-order valence-corrected chi connectivity index (χ0v) is 19.5. The van der Waals surface area contributed by atoms with Crippen molar-refractivity contribution >= 4 is 16.0 Å². The molecular weight excluding hydrogens is 398 g/mol. The van der Waals surface area contributed by atoms with E-state index in [9.17, 15) is 8.42 Å². The van der Waals surface area contributed by atoms with Crippen LogP contribution in [0.15, 0.2) is 34.2 Å². The maximum Gasteiger partial charge on any atom is 0.243 e. The molecule has 2 N–H and O–H groups in total. The molecule has 2 saturated heterocycles. The SMILES string of the molecule is CN=C(NCc1ccc(S(=O)(=O)N2CCCC2)cc1)NCC(C)(C)N1CCCCC1. The fourth-order valence-electron chi connectivity index (χ4n) is 4.17. The molecule has 0 atom stereocenters. The second-order valence-corrected chi connectivity index (χ2v) is 10.8. The smallest absolute Gasteiger partial charge is 0.243 e. The first kappa shape index (κ1) is 23.0. The third-order valence-corrected chi connectivity index (χ3v) is 8.12. The average Bonchev–Trinajstić information content (AvgIpc) is 3.31. The van der Waals surface area contributed by atoms with Crippen LogP contribution >= 0.6 is 0 Å². The van der Waals surface area contributed by atoms with Crippen molar-refractivity contribution < 1.29 is 8.42 Å². The summed E-state index contributed by atoms with van der Waals surface area (Å²) in [4.78, 5) is 7.26. The Morgan fingerprint density at radius 1 is 0.967 bits per heavy atom. The minimum atomic E-state index is -3.35. The lowest BCUT2D eigenvalue weighted by atomic mass is 9.98. The van der Waals surface area contributed by atoms with Crippen LogP contribution in [0, 0.1) is 0 Å². The van der Waals surface area contributed by atoms with E-state index in [0.29, 0.717) is 24.5 Å². The molecule has 30 heavy (non-hydrogen) atoms. The Balaban J connectivity index is 1.51. The van der Waals surface area contributed by atoms with Crippen LogP contribution in [0.4, 0.5) is 0 Å². The van der Waals surface area contributed by atoms with Gasteiger partial charge in [0.25, 0.3) is 0 Å². The highest BCUT2D eigenvalue weighted by Gasteiger charge is 2.28. The molecule has 1 aromatic rings. The van der Waals surface area contributed by atoms with Gasteiger partial charge in [0, 0.05) is 38.8 Å². The van der Waals surface area contributed by atoms with Gasteiger partial charge in [-0.2, -0.15) is 4.31 Å². The molecule has 2 aliphatic heterocycles. The van der Waals surface area contributed by atoms with Crippen molar-refractivity contribution in [3.05, 3.63) is 29.8 Å². The normalized spacial score (nSPS) is 19.8. The van der Waals surface area contributed by atoms with Crippen LogP contribution in [-0.4, -0.2) is 68.9 Å². The highest BCUT2D eigenvalue weighted by molar-refractivity contribution is 7.89. The van der Waals surface area contributed by atoms with Crippen molar-refractivity contribution in [3.63, 3.8) is 0 Å². The first-order valence-corrected chi connectivity index (χ1v) is 12.6. The molecule has 7 nitrogen and oxygen atoms in total. The number of guanidine groups is 1. The molecule has 168 valence electrons. The maximum atomic E-state index is 12.6. The van der Waals surface area contributed by atoms with Crippen LogP contribution in [-0.2, 0) is 16.6 Å². The molecule has 2 aliphatic rings. The fourth-order valence-corrected chi connectivity index (χ4v) is 5.69. The molecule has 3 rings (SSSR count). The van der Waals surface area contributed by atoms with E-state index in [-0.39, 0.29) is 5.54 Å². The van der Waals surface area contributed by atoms with Crippen molar-refractivity contribution in [1.29, 1.82) is 0 Å². The predicted octanol–water partition coefficient (Wildman–Crippen LogP) is 2.40. The van der Waals surface area contributed by atoms with E-state index in [1.54, 1.807) is 23.5 Å². The molecule has 0 amide bonds. The van der Waals surface area contributed by atoms with Crippen molar-refractivity contribution in [2.24, 2.45) is 4.99 Å². The number of likely N-dealkylation sites (tertiary alicyclic amines) is 1. The monoisotopic (exact) mass is 435 g/mol. The molecule has 0 spiro atoms. The number of benzene rings is 1. The van der Waals surface area contributed by atoms with Gasteiger partial charge in [0.15, 0.2) is 5.96 Å². The number of nitrogens with one attached hydrogen (secondary N) is 2. The molecule has 0 radical (unpaired) electrons. The third-order valence-electron chi connectivity index (χ3n) is 6.21. The predicted molar refractivity (Wildman–Crippen MR) is 122 cm³/mol. The first-order valence-electron chi connectivity index (χ1n) is 11.1. The first-order chi connectivity index (χ1) is 14.3. The van der Waals surface area contributed by atoms with Crippen LogP contribution in [0.2, 0.25) is 0 Å². The van der Waals surface area contributed by atoms with E-state index >= 15 is 0 Å². The molecule has 8 heteroatoms. The second kappa shape index (κ2) is 10.1. The van der Waals surface area contributed by atoms with E-state index in [0.717, 1.165) is 44.0 Å². The Hall–Kier alpha value is -1.64. The van der Waals surface area contributed by atoms with Gasteiger partial charge in [0.1, 0.15) is 0 Å². The molecular formula is C22H37N5O2S. The van der Waals surface area contributed by atoms with E-state index in [1.165, 1.54) is 19.3 Å². The lowest BCUT2D eigenvalue weighted by Gasteiger charge is -2.41. The van der Waals surface area contributed by atoms with Gasteiger partial charge in [-0.05, 0) is 70.3 Å². The van der Waals surface area contributed by atoms with E-state index < -0.39 is 10.0 Å².